The van der Waals surface area contributed by atoms with Crippen molar-refractivity contribution in [3.8, 4) is 0 Å². The van der Waals surface area contributed by atoms with Crippen molar-refractivity contribution in [3.63, 3.8) is 0 Å². The van der Waals surface area contributed by atoms with Crippen LogP contribution in [0.25, 0.3) is 10.9 Å². The number of fused-ring (bicyclic) bond motifs is 1. The van der Waals surface area contributed by atoms with E-state index in [1.807, 2.05) is 30.5 Å². The molecule has 0 aliphatic rings. The van der Waals surface area contributed by atoms with E-state index in [4.69, 9.17) is 14.6 Å². The molecule has 0 saturated heterocycles. The maximum absolute atomic E-state index is 13.3. The summed E-state index contributed by atoms with van der Waals surface area (Å²) >= 11 is 0. The number of carbonyl (C=O) groups is 4. The molecule has 4 N–H and O–H groups in total. The highest BCUT2D eigenvalue weighted by Gasteiger charge is 2.28. The maximum Gasteiger partial charge on any atom is 0.309 e. The number of allylic oxidation sites excluding steroid dienone is 2. The first-order chi connectivity index (χ1) is 19.5. The highest BCUT2D eigenvalue weighted by Crippen LogP contribution is 2.21. The van der Waals surface area contributed by atoms with Crippen molar-refractivity contribution < 1.29 is 33.8 Å². The van der Waals surface area contributed by atoms with Crippen molar-refractivity contribution in [2.75, 3.05) is 19.8 Å². The summed E-state index contributed by atoms with van der Waals surface area (Å²) in [5.41, 5.74) is 1.16. The highest BCUT2D eigenvalue weighted by molar-refractivity contribution is 5.86. The lowest BCUT2D eigenvalue weighted by Crippen LogP contribution is -2.44. The summed E-state index contributed by atoms with van der Waals surface area (Å²) in [5, 5.41) is 15.4. The van der Waals surface area contributed by atoms with Gasteiger partial charge in [0.05, 0.1) is 30.9 Å². The Labute approximate surface area is 241 Å². The molecular formula is C31H43N3O7. The molecule has 10 heteroatoms. The standard InChI is InChI=1S/C31H43N3O7/c1-6-10-21(17-27(36)32-14-15-35)29(38)34-24(16-23-19-33-26-13-9-8-12-25(23)26)20-40-30(39)22(11-7-2)18-28(37)41-31(3,4)5/h6-9,12-13,19,21-22,24,33,35H,1-2,10-11,14-18,20H2,3-5H3,(H,32,36)(H,34,38)/t21-,22-,24+/m1/s1. The molecule has 3 atom stereocenters. The number of rotatable bonds is 17. The number of aromatic nitrogens is 1. The predicted octanol–water partition coefficient (Wildman–Crippen LogP) is 3.35. The van der Waals surface area contributed by atoms with Gasteiger partial charge in [-0.25, -0.2) is 0 Å². The Balaban J connectivity index is 2.19. The number of nitrogens with one attached hydrogen (secondary N) is 3. The van der Waals surface area contributed by atoms with Crippen LogP contribution in [-0.2, 0) is 35.1 Å². The van der Waals surface area contributed by atoms with Crippen molar-refractivity contribution in [2.24, 2.45) is 11.8 Å². The molecule has 10 nitrogen and oxygen atoms in total. The number of hydrogen-bond acceptors (Lipinski definition) is 7. The quantitative estimate of drug-likeness (QED) is 0.169. The zero-order valence-electron chi connectivity index (χ0n) is 24.2. The predicted molar refractivity (Wildman–Crippen MR) is 157 cm³/mol. The lowest BCUT2D eigenvalue weighted by Gasteiger charge is -2.24. The van der Waals surface area contributed by atoms with Gasteiger partial charge in [-0.3, -0.25) is 19.2 Å². The number of hydrogen-bond donors (Lipinski definition) is 4. The molecule has 2 aromatic rings. The number of amides is 2. The van der Waals surface area contributed by atoms with Gasteiger partial charge in [-0.2, -0.15) is 0 Å². The van der Waals surface area contributed by atoms with Crippen molar-refractivity contribution in [3.05, 3.63) is 61.3 Å². The molecule has 1 heterocycles. The minimum atomic E-state index is -0.782. The number of aliphatic hydroxyl groups is 1. The fourth-order valence-corrected chi connectivity index (χ4v) is 4.36. The molecule has 41 heavy (non-hydrogen) atoms. The summed E-state index contributed by atoms with van der Waals surface area (Å²) in [6.07, 6.45) is 5.53. The number of H-pyrrole nitrogens is 1. The summed E-state index contributed by atoms with van der Waals surface area (Å²) in [6.45, 7) is 12.4. The van der Waals surface area contributed by atoms with Gasteiger partial charge >= 0.3 is 11.9 Å². The van der Waals surface area contributed by atoms with Crippen LogP contribution in [0.2, 0.25) is 0 Å². The van der Waals surface area contributed by atoms with E-state index in [2.05, 4.69) is 28.8 Å². The van der Waals surface area contributed by atoms with Crippen LogP contribution in [0.15, 0.2) is 55.8 Å². The fraction of sp³-hybridized carbons (Fsp3) is 0.484. The number of ether oxygens (including phenoxy) is 2. The monoisotopic (exact) mass is 569 g/mol. The van der Waals surface area contributed by atoms with E-state index >= 15 is 0 Å². The van der Waals surface area contributed by atoms with Crippen molar-refractivity contribution in [1.29, 1.82) is 0 Å². The molecule has 2 amide bonds. The summed E-state index contributed by atoms with van der Waals surface area (Å²) in [6, 6.07) is 7.10. The number of benzene rings is 1. The third kappa shape index (κ3) is 11.6. The molecule has 0 bridgehead atoms. The lowest BCUT2D eigenvalue weighted by atomic mass is 9.98. The Morgan fingerprint density at radius 1 is 1.05 bits per heavy atom. The number of para-hydroxylation sites is 1. The second kappa shape index (κ2) is 16.4. The fourth-order valence-electron chi connectivity index (χ4n) is 4.36. The van der Waals surface area contributed by atoms with Gasteiger partial charge in [-0.15, -0.1) is 13.2 Å². The van der Waals surface area contributed by atoms with Crippen LogP contribution >= 0.6 is 0 Å². The molecular weight excluding hydrogens is 526 g/mol. The second-order valence-corrected chi connectivity index (χ2v) is 10.9. The molecule has 1 aromatic heterocycles. The molecule has 0 saturated carbocycles. The topological polar surface area (TPSA) is 147 Å². The summed E-state index contributed by atoms with van der Waals surface area (Å²) < 4.78 is 11.0. The van der Waals surface area contributed by atoms with Gasteiger partial charge in [0.15, 0.2) is 0 Å². The van der Waals surface area contributed by atoms with E-state index in [0.29, 0.717) is 6.42 Å². The zero-order valence-corrected chi connectivity index (χ0v) is 24.2. The van der Waals surface area contributed by atoms with Crippen LogP contribution in [0.4, 0.5) is 0 Å². The second-order valence-electron chi connectivity index (χ2n) is 10.9. The molecule has 1 aromatic carbocycles. The molecule has 0 fully saturated rings. The number of aromatic amines is 1. The molecule has 0 spiro atoms. The molecule has 0 aliphatic heterocycles. The van der Waals surface area contributed by atoms with E-state index in [-0.39, 0.29) is 57.3 Å². The van der Waals surface area contributed by atoms with Crippen molar-refractivity contribution in [2.45, 2.75) is 64.5 Å². The van der Waals surface area contributed by atoms with Gasteiger partial charge in [-0.1, -0.05) is 30.4 Å². The Kier molecular flexibility index (Phi) is 13.3. The lowest BCUT2D eigenvalue weighted by molar-refractivity contribution is -0.161. The average molecular weight is 570 g/mol. The van der Waals surface area contributed by atoms with Gasteiger partial charge in [-0.05, 0) is 51.7 Å². The first-order valence-electron chi connectivity index (χ1n) is 13.8. The molecule has 224 valence electrons. The Morgan fingerprint density at radius 3 is 2.39 bits per heavy atom. The van der Waals surface area contributed by atoms with E-state index in [1.165, 1.54) is 0 Å². The van der Waals surface area contributed by atoms with Crippen LogP contribution in [-0.4, -0.2) is 65.2 Å². The largest absolute Gasteiger partial charge is 0.463 e. The van der Waals surface area contributed by atoms with Gasteiger partial charge in [0.2, 0.25) is 11.8 Å². The smallest absolute Gasteiger partial charge is 0.309 e. The molecule has 0 aliphatic carbocycles. The van der Waals surface area contributed by atoms with E-state index in [9.17, 15) is 19.2 Å². The van der Waals surface area contributed by atoms with Gasteiger partial charge in [0, 0.05) is 30.1 Å². The minimum Gasteiger partial charge on any atom is -0.463 e. The molecule has 2 rings (SSSR count). The van der Waals surface area contributed by atoms with Crippen LogP contribution < -0.4 is 10.6 Å². The van der Waals surface area contributed by atoms with Gasteiger partial charge < -0.3 is 30.2 Å². The maximum atomic E-state index is 13.3. The SMILES string of the molecule is C=CC[C@H](CC(=O)NCCO)C(=O)N[C@H](COC(=O)[C@H](CC=C)CC(=O)OC(C)(C)C)Cc1c[nH]c2ccccc12. The minimum absolute atomic E-state index is 0.0885. The van der Waals surface area contributed by atoms with Crippen LogP contribution in [0.5, 0.6) is 0 Å². The third-order valence-corrected chi connectivity index (χ3v) is 6.22. The van der Waals surface area contributed by atoms with Crippen LogP contribution in [0.1, 0.15) is 52.0 Å². The number of carbonyl (C=O) groups excluding carboxylic acids is 4. The van der Waals surface area contributed by atoms with E-state index in [0.717, 1.165) is 16.5 Å². The Hall–Kier alpha value is -3.92. The first kappa shape index (κ1) is 33.3. The van der Waals surface area contributed by atoms with Crippen molar-refractivity contribution in [1.82, 2.24) is 15.6 Å². The van der Waals surface area contributed by atoms with E-state index in [1.54, 1.807) is 32.9 Å². The van der Waals surface area contributed by atoms with Gasteiger partial charge in [0.1, 0.15) is 12.2 Å². The summed E-state index contributed by atoms with van der Waals surface area (Å²) in [7, 11) is 0. The number of esters is 2. The average Bonchev–Trinajstić information content (AvgIpc) is 3.31. The van der Waals surface area contributed by atoms with Crippen LogP contribution in [0, 0.1) is 11.8 Å². The molecule has 0 unspecified atom stereocenters. The highest BCUT2D eigenvalue weighted by atomic mass is 16.6. The molecule has 0 radical (unpaired) electrons. The number of aliphatic hydroxyl groups excluding tert-OH is 1. The normalized spacial score (nSPS) is 13.5. The van der Waals surface area contributed by atoms with Crippen molar-refractivity contribution >= 4 is 34.7 Å². The zero-order chi connectivity index (χ0) is 30.4. The Morgan fingerprint density at radius 2 is 1.73 bits per heavy atom. The Bertz CT molecular complexity index is 1200. The first-order valence-corrected chi connectivity index (χ1v) is 13.8. The van der Waals surface area contributed by atoms with Gasteiger partial charge in [0.25, 0.3) is 0 Å². The summed E-state index contributed by atoms with van der Waals surface area (Å²) in [4.78, 5) is 54.2. The van der Waals surface area contributed by atoms with Crippen LogP contribution in [0.3, 0.4) is 0 Å². The summed E-state index contributed by atoms with van der Waals surface area (Å²) in [5.74, 6) is -3.35. The third-order valence-electron chi connectivity index (χ3n) is 6.22. The van der Waals surface area contributed by atoms with E-state index < -0.39 is 35.4 Å².